The van der Waals surface area contributed by atoms with E-state index in [1.54, 1.807) is 14.2 Å². The first-order valence-corrected chi connectivity index (χ1v) is 14.4. The monoisotopic (exact) mass is 581 g/mol. The van der Waals surface area contributed by atoms with Crippen LogP contribution in [0.2, 0.25) is 0 Å². The maximum absolute atomic E-state index is 12.8. The van der Waals surface area contributed by atoms with Gasteiger partial charge in [0.05, 0.1) is 31.9 Å². The summed E-state index contributed by atoms with van der Waals surface area (Å²) in [5.41, 5.74) is 4.78. The predicted octanol–water partition coefficient (Wildman–Crippen LogP) is 6.07. The van der Waals surface area contributed by atoms with Crippen LogP contribution in [0, 0.1) is 0 Å². The van der Waals surface area contributed by atoms with Gasteiger partial charge >= 0.3 is 0 Å². The van der Waals surface area contributed by atoms with Crippen LogP contribution in [-0.2, 0) is 19.7 Å². The van der Waals surface area contributed by atoms with Gasteiger partial charge in [-0.1, -0.05) is 29.4 Å². The first-order valence-electron chi connectivity index (χ1n) is 14.4. The molecule has 3 aromatic heterocycles. The summed E-state index contributed by atoms with van der Waals surface area (Å²) in [6.07, 6.45) is 4.35. The lowest BCUT2D eigenvalue weighted by Gasteiger charge is -2.25. The number of aromatic nitrogens is 4. The van der Waals surface area contributed by atoms with Crippen molar-refractivity contribution in [3.63, 3.8) is 0 Å². The van der Waals surface area contributed by atoms with Crippen LogP contribution in [0.15, 0.2) is 59.4 Å². The molecule has 10 nitrogen and oxygen atoms in total. The van der Waals surface area contributed by atoms with Gasteiger partial charge in [0.25, 0.3) is 0 Å². The minimum atomic E-state index is -0.248. The second kappa shape index (κ2) is 11.9. The molecule has 0 bridgehead atoms. The van der Waals surface area contributed by atoms with Crippen molar-refractivity contribution in [2.75, 3.05) is 19.1 Å². The van der Waals surface area contributed by atoms with Crippen molar-refractivity contribution < 1.29 is 23.9 Å². The molecule has 0 atom stereocenters. The zero-order valence-corrected chi connectivity index (χ0v) is 24.8. The Bertz CT molecular complexity index is 1690. The minimum Gasteiger partial charge on any atom is -0.497 e. The standard InChI is InChI=1S/C33H35N5O5/c1-20(2)38-27(18-40)28(30-26(17-39)31(43-36-30)23-9-10-23)29-32(34-19-35-33(29)38)37(15-21-5-11-24(41-3)12-6-21)16-22-7-13-25(42-4)14-8-22/h5-8,11-14,18-20,23,39H,9-10,15-17H2,1-4H3. The number of aliphatic hydroxyl groups is 1. The maximum Gasteiger partial charge on any atom is 0.167 e. The Balaban J connectivity index is 1.57. The lowest BCUT2D eigenvalue weighted by atomic mass is 10.0. The number of methoxy groups -OCH3 is 2. The molecular formula is C33H35N5O5. The molecule has 10 heteroatoms. The quantitative estimate of drug-likeness (QED) is 0.175. The normalized spacial score (nSPS) is 13.1. The van der Waals surface area contributed by atoms with E-state index >= 15 is 0 Å². The molecule has 1 fully saturated rings. The van der Waals surface area contributed by atoms with Gasteiger partial charge < -0.3 is 28.6 Å². The zero-order valence-electron chi connectivity index (χ0n) is 24.8. The molecular weight excluding hydrogens is 546 g/mol. The number of fused-ring (bicyclic) bond motifs is 1. The number of rotatable bonds is 12. The molecule has 1 aliphatic carbocycles. The number of hydrogen-bond acceptors (Lipinski definition) is 9. The van der Waals surface area contributed by atoms with Gasteiger partial charge in [0.2, 0.25) is 0 Å². The smallest absolute Gasteiger partial charge is 0.167 e. The van der Waals surface area contributed by atoms with E-state index in [1.165, 1.54) is 6.33 Å². The van der Waals surface area contributed by atoms with Crippen LogP contribution >= 0.6 is 0 Å². The SMILES string of the molecule is COc1ccc(CN(Cc2ccc(OC)cc2)c2ncnc3c2c(-c2noc(C4CC4)c2CO)c(C=O)n3C(C)C)cc1. The summed E-state index contributed by atoms with van der Waals surface area (Å²) in [4.78, 5) is 24.5. The number of carbonyl (C=O) groups excluding carboxylic acids is 1. The van der Waals surface area contributed by atoms with E-state index in [4.69, 9.17) is 19.0 Å². The fourth-order valence-corrected chi connectivity index (χ4v) is 5.70. The van der Waals surface area contributed by atoms with Gasteiger partial charge in [-0.25, -0.2) is 9.97 Å². The van der Waals surface area contributed by atoms with E-state index in [-0.39, 0.29) is 18.6 Å². The van der Waals surface area contributed by atoms with Crippen molar-refractivity contribution in [3.8, 4) is 22.8 Å². The molecule has 0 unspecified atom stereocenters. The van der Waals surface area contributed by atoms with E-state index < -0.39 is 0 Å². The van der Waals surface area contributed by atoms with E-state index in [2.05, 4.69) is 15.0 Å². The Morgan fingerprint density at radius 2 is 1.60 bits per heavy atom. The van der Waals surface area contributed by atoms with Crippen molar-refractivity contribution in [1.29, 1.82) is 0 Å². The number of nitrogens with zero attached hydrogens (tertiary/aromatic N) is 5. The third kappa shape index (κ3) is 5.34. The lowest BCUT2D eigenvalue weighted by molar-refractivity contribution is 0.111. The number of ether oxygens (including phenoxy) is 2. The Hall–Kier alpha value is -4.70. The Kier molecular flexibility index (Phi) is 7.86. The topological polar surface area (TPSA) is 116 Å². The molecule has 3 heterocycles. The fourth-order valence-electron chi connectivity index (χ4n) is 5.70. The van der Waals surface area contributed by atoms with Gasteiger partial charge in [0.15, 0.2) is 6.29 Å². The van der Waals surface area contributed by atoms with Gasteiger partial charge in [0.1, 0.15) is 40.7 Å². The fraction of sp³-hybridized carbons (Fsp3) is 0.333. The molecule has 1 saturated carbocycles. The molecule has 5 aromatic rings. The lowest BCUT2D eigenvalue weighted by Crippen LogP contribution is -2.23. The van der Waals surface area contributed by atoms with Crippen LogP contribution in [0.25, 0.3) is 22.3 Å². The van der Waals surface area contributed by atoms with Crippen LogP contribution in [0.4, 0.5) is 5.82 Å². The summed E-state index contributed by atoms with van der Waals surface area (Å²) in [5.74, 6) is 3.12. The van der Waals surface area contributed by atoms with E-state index in [0.717, 1.165) is 41.8 Å². The Labute approximate surface area is 249 Å². The van der Waals surface area contributed by atoms with Crippen molar-refractivity contribution in [3.05, 3.63) is 83.0 Å². The molecule has 0 amide bonds. The molecule has 0 aliphatic heterocycles. The third-order valence-corrected chi connectivity index (χ3v) is 7.96. The first-order chi connectivity index (χ1) is 21.0. The Morgan fingerprint density at radius 1 is 1.00 bits per heavy atom. The van der Waals surface area contributed by atoms with E-state index in [1.807, 2.05) is 66.9 Å². The van der Waals surface area contributed by atoms with Crippen LogP contribution < -0.4 is 14.4 Å². The summed E-state index contributed by atoms with van der Waals surface area (Å²) in [6.45, 7) is 4.81. The molecule has 6 rings (SSSR count). The number of hydrogen-bond donors (Lipinski definition) is 1. The van der Waals surface area contributed by atoms with Crippen molar-refractivity contribution >= 4 is 23.1 Å². The highest BCUT2D eigenvalue weighted by Crippen LogP contribution is 2.47. The van der Waals surface area contributed by atoms with Gasteiger partial charge in [-0.2, -0.15) is 0 Å². The molecule has 43 heavy (non-hydrogen) atoms. The zero-order chi connectivity index (χ0) is 30.1. The molecule has 1 aliphatic rings. The summed E-state index contributed by atoms with van der Waals surface area (Å²) in [7, 11) is 3.29. The molecule has 1 N–H and O–H groups in total. The van der Waals surface area contributed by atoms with Crippen molar-refractivity contribution in [2.45, 2.75) is 58.3 Å². The summed E-state index contributed by atoms with van der Waals surface area (Å²) in [5, 5.41) is 15.6. The van der Waals surface area contributed by atoms with E-state index in [0.29, 0.717) is 58.2 Å². The molecule has 2 aromatic carbocycles. The number of aldehydes is 1. The van der Waals surface area contributed by atoms with Gasteiger partial charge in [-0.15, -0.1) is 0 Å². The molecule has 222 valence electrons. The average Bonchev–Trinajstić information content (AvgIpc) is 3.70. The molecule has 0 radical (unpaired) electrons. The highest BCUT2D eigenvalue weighted by molar-refractivity contribution is 6.08. The molecule has 0 spiro atoms. The Morgan fingerprint density at radius 3 is 2.09 bits per heavy atom. The van der Waals surface area contributed by atoms with Crippen molar-refractivity contribution in [1.82, 2.24) is 19.7 Å². The van der Waals surface area contributed by atoms with Gasteiger partial charge in [-0.05, 0) is 62.1 Å². The number of carbonyl (C=O) groups is 1. The van der Waals surface area contributed by atoms with Crippen LogP contribution in [0.5, 0.6) is 11.5 Å². The van der Waals surface area contributed by atoms with Crippen LogP contribution in [0.3, 0.4) is 0 Å². The highest BCUT2D eigenvalue weighted by Gasteiger charge is 2.35. The van der Waals surface area contributed by atoms with Crippen molar-refractivity contribution in [2.24, 2.45) is 0 Å². The van der Waals surface area contributed by atoms with Crippen LogP contribution in [-0.4, -0.2) is 45.3 Å². The minimum absolute atomic E-state index is 0.0804. The summed E-state index contributed by atoms with van der Waals surface area (Å²) >= 11 is 0. The number of anilines is 1. The predicted molar refractivity (Wildman–Crippen MR) is 163 cm³/mol. The first kappa shape index (κ1) is 28.4. The van der Waals surface area contributed by atoms with Crippen LogP contribution in [0.1, 0.15) is 71.6 Å². The maximum atomic E-state index is 12.8. The average molecular weight is 582 g/mol. The number of benzene rings is 2. The summed E-state index contributed by atoms with van der Waals surface area (Å²) < 4.78 is 18.5. The van der Waals surface area contributed by atoms with E-state index in [9.17, 15) is 9.90 Å². The van der Waals surface area contributed by atoms with Gasteiger partial charge in [-0.3, -0.25) is 4.79 Å². The summed E-state index contributed by atoms with van der Waals surface area (Å²) in [6, 6.07) is 15.8. The molecule has 0 saturated heterocycles. The second-order valence-corrected chi connectivity index (χ2v) is 11.1. The largest absolute Gasteiger partial charge is 0.497 e. The second-order valence-electron chi connectivity index (χ2n) is 11.1. The number of aliphatic hydroxyl groups excluding tert-OH is 1. The highest BCUT2D eigenvalue weighted by atomic mass is 16.5. The third-order valence-electron chi connectivity index (χ3n) is 7.96. The van der Waals surface area contributed by atoms with Gasteiger partial charge in [0, 0.05) is 36.2 Å².